The summed E-state index contributed by atoms with van der Waals surface area (Å²) in [7, 11) is -3.78. The Morgan fingerprint density at radius 3 is 2.23 bits per heavy atom. The molecule has 8 heteroatoms. The van der Waals surface area contributed by atoms with E-state index in [0.29, 0.717) is 0 Å². The summed E-state index contributed by atoms with van der Waals surface area (Å²) in [6.07, 6.45) is 0.0125. The molecule has 0 aliphatic carbocycles. The van der Waals surface area contributed by atoms with Crippen LogP contribution in [0.1, 0.15) is 23.6 Å². The quantitative estimate of drug-likeness (QED) is 0.427. The van der Waals surface area contributed by atoms with Gasteiger partial charge in [0.1, 0.15) is 6.04 Å². The van der Waals surface area contributed by atoms with E-state index in [0.717, 1.165) is 16.7 Å². The maximum atomic E-state index is 13.0. The van der Waals surface area contributed by atoms with Crippen LogP contribution in [0.15, 0.2) is 54.6 Å². The summed E-state index contributed by atoms with van der Waals surface area (Å²) in [5.74, 6) is -3.60. The van der Waals surface area contributed by atoms with Crippen LogP contribution in [0.5, 0.6) is 0 Å². The molecule has 0 saturated carbocycles. The topological polar surface area (TPSA) is 130 Å². The molecule has 2 rings (SSSR count). The number of nitrogens with two attached hydrogens (primary N) is 1. The highest BCUT2D eigenvalue weighted by atomic mass is 31.2. The summed E-state index contributed by atoms with van der Waals surface area (Å²) in [6, 6.07) is 15.3. The Balaban J connectivity index is 2.22. The van der Waals surface area contributed by atoms with Gasteiger partial charge in [-0.05, 0) is 37.0 Å². The van der Waals surface area contributed by atoms with E-state index < -0.39 is 37.0 Å². The summed E-state index contributed by atoms with van der Waals surface area (Å²) >= 11 is 0. The van der Waals surface area contributed by atoms with Gasteiger partial charge in [0, 0.05) is 12.6 Å². The van der Waals surface area contributed by atoms with Crippen molar-refractivity contribution < 1.29 is 24.2 Å². The maximum Gasteiger partial charge on any atom is 0.326 e. The van der Waals surface area contributed by atoms with Crippen LogP contribution in [0.2, 0.25) is 0 Å². The second kappa shape index (κ2) is 10.5. The van der Waals surface area contributed by atoms with Crippen LogP contribution < -0.4 is 11.1 Å². The third kappa shape index (κ3) is 6.80. The molecule has 0 saturated heterocycles. The number of carbonyl (C=O) groups is 2. The fourth-order valence-corrected chi connectivity index (χ4v) is 4.43. The van der Waals surface area contributed by atoms with Gasteiger partial charge in [-0.1, -0.05) is 54.6 Å². The molecule has 0 heterocycles. The average Bonchev–Trinajstić information content (AvgIpc) is 2.69. The van der Waals surface area contributed by atoms with Crippen molar-refractivity contribution >= 4 is 19.2 Å². The molecule has 0 radical (unpaired) electrons. The smallest absolute Gasteiger partial charge is 0.326 e. The monoisotopic (exact) mass is 432 g/mol. The van der Waals surface area contributed by atoms with Gasteiger partial charge in [0.25, 0.3) is 0 Å². The zero-order valence-corrected chi connectivity index (χ0v) is 18.1. The fourth-order valence-electron chi connectivity index (χ4n) is 3.17. The predicted octanol–water partition coefficient (Wildman–Crippen LogP) is 2.54. The lowest BCUT2D eigenvalue weighted by molar-refractivity contribution is -0.142. The Kier molecular flexibility index (Phi) is 8.35. The Morgan fingerprint density at radius 1 is 1.07 bits per heavy atom. The molecular formula is C22H29N2O5P. The Labute approximate surface area is 176 Å². The zero-order valence-electron chi connectivity index (χ0n) is 17.2. The van der Waals surface area contributed by atoms with Crippen LogP contribution in [-0.2, 0) is 27.0 Å². The molecule has 1 amide bonds. The van der Waals surface area contributed by atoms with E-state index in [1.54, 1.807) is 0 Å². The number of hydrogen-bond donors (Lipinski definition) is 4. The third-order valence-corrected chi connectivity index (χ3v) is 7.35. The minimum absolute atomic E-state index is 0.121. The number of aryl methyl sites for hydroxylation is 1. The van der Waals surface area contributed by atoms with E-state index in [1.807, 2.05) is 61.5 Å². The molecule has 2 aromatic carbocycles. The van der Waals surface area contributed by atoms with E-state index >= 15 is 0 Å². The largest absolute Gasteiger partial charge is 0.480 e. The number of amides is 1. The van der Waals surface area contributed by atoms with Crippen LogP contribution in [0.25, 0.3) is 0 Å². The molecule has 5 N–H and O–H groups in total. The van der Waals surface area contributed by atoms with Crippen LogP contribution in [0.4, 0.5) is 0 Å². The Morgan fingerprint density at radius 2 is 1.67 bits per heavy atom. The van der Waals surface area contributed by atoms with Crippen molar-refractivity contribution in [3.05, 3.63) is 71.3 Å². The minimum Gasteiger partial charge on any atom is -0.480 e. The lowest BCUT2D eigenvalue weighted by Gasteiger charge is -2.24. The number of rotatable bonds is 10. The van der Waals surface area contributed by atoms with Crippen LogP contribution in [-0.4, -0.2) is 39.9 Å². The number of carbonyl (C=O) groups excluding carboxylic acids is 1. The summed E-state index contributed by atoms with van der Waals surface area (Å²) in [5, 5.41) is 12.2. The van der Waals surface area contributed by atoms with Crippen molar-refractivity contribution in [1.29, 1.82) is 0 Å². The van der Waals surface area contributed by atoms with Gasteiger partial charge in [-0.25, -0.2) is 4.79 Å². The number of carboxylic acid groups (broad SMARTS) is 1. The highest BCUT2D eigenvalue weighted by Crippen LogP contribution is 2.45. The number of hydrogen-bond acceptors (Lipinski definition) is 4. The molecule has 0 bridgehead atoms. The van der Waals surface area contributed by atoms with E-state index in [2.05, 4.69) is 5.32 Å². The first-order valence-corrected chi connectivity index (χ1v) is 11.7. The number of benzene rings is 2. The molecule has 7 nitrogen and oxygen atoms in total. The highest BCUT2D eigenvalue weighted by Gasteiger charge is 2.34. The van der Waals surface area contributed by atoms with E-state index in [-0.39, 0.29) is 19.0 Å². The van der Waals surface area contributed by atoms with Crippen molar-refractivity contribution in [1.82, 2.24) is 5.32 Å². The summed E-state index contributed by atoms with van der Waals surface area (Å²) in [6.45, 7) is 3.30. The number of carboxylic acids is 1. The molecule has 30 heavy (non-hydrogen) atoms. The normalized spacial score (nSPS) is 16.1. The van der Waals surface area contributed by atoms with Crippen molar-refractivity contribution in [3.8, 4) is 0 Å². The maximum absolute atomic E-state index is 13.0. The van der Waals surface area contributed by atoms with Crippen LogP contribution in [0, 0.1) is 12.8 Å². The van der Waals surface area contributed by atoms with E-state index in [9.17, 15) is 24.2 Å². The average molecular weight is 432 g/mol. The number of nitrogens with one attached hydrogen (secondary N) is 1. The summed E-state index contributed by atoms with van der Waals surface area (Å²) < 4.78 is 12.5. The molecule has 1 unspecified atom stereocenters. The lowest BCUT2D eigenvalue weighted by atomic mass is 9.98. The Hall–Kier alpha value is -2.47. The number of aliphatic carboxylic acids is 1. The van der Waals surface area contributed by atoms with Gasteiger partial charge in [-0.15, -0.1) is 0 Å². The standard InChI is InChI=1S/C22H29N2O5P/c1-15-8-6-7-11-18(15)13-20(22(26)27)24-21(25)19(14-30(28,29)16(2)23)12-17-9-4-3-5-10-17/h3-11,16,19-20H,12-14,23H2,1-2H3,(H,24,25)(H,26,27)(H,28,29)/t16-,19-,20+/m1/s1. The predicted molar refractivity (Wildman–Crippen MR) is 116 cm³/mol. The van der Waals surface area contributed by atoms with Gasteiger partial charge in [-0.2, -0.15) is 0 Å². The van der Waals surface area contributed by atoms with Crippen molar-refractivity contribution in [3.63, 3.8) is 0 Å². The first kappa shape index (κ1) is 23.8. The molecule has 162 valence electrons. The summed E-state index contributed by atoms with van der Waals surface area (Å²) in [5.41, 5.74) is 8.19. The van der Waals surface area contributed by atoms with Crippen molar-refractivity contribution in [2.75, 3.05) is 6.16 Å². The summed E-state index contributed by atoms with van der Waals surface area (Å²) in [4.78, 5) is 35.0. The Bertz CT molecular complexity index is 917. The van der Waals surface area contributed by atoms with Crippen molar-refractivity contribution in [2.45, 2.75) is 38.5 Å². The molecular weight excluding hydrogens is 403 g/mol. The minimum atomic E-state index is -3.78. The van der Waals surface area contributed by atoms with Gasteiger partial charge in [0.2, 0.25) is 13.3 Å². The van der Waals surface area contributed by atoms with Gasteiger partial charge < -0.3 is 21.1 Å². The third-order valence-electron chi connectivity index (χ3n) is 5.11. The highest BCUT2D eigenvalue weighted by molar-refractivity contribution is 7.58. The van der Waals surface area contributed by atoms with Gasteiger partial charge in [0.15, 0.2) is 0 Å². The van der Waals surface area contributed by atoms with Gasteiger partial charge in [0.05, 0.1) is 11.7 Å². The van der Waals surface area contributed by atoms with Crippen molar-refractivity contribution in [2.24, 2.45) is 11.7 Å². The molecule has 4 atom stereocenters. The van der Waals surface area contributed by atoms with Gasteiger partial charge >= 0.3 is 5.97 Å². The van der Waals surface area contributed by atoms with E-state index in [4.69, 9.17) is 5.73 Å². The second-order valence-electron chi connectivity index (χ2n) is 7.60. The van der Waals surface area contributed by atoms with Gasteiger partial charge in [-0.3, -0.25) is 9.36 Å². The fraction of sp³-hybridized carbons (Fsp3) is 0.364. The molecule has 2 aromatic rings. The molecule has 0 aliphatic heterocycles. The van der Waals surface area contributed by atoms with E-state index in [1.165, 1.54) is 6.92 Å². The molecule has 0 aliphatic rings. The SMILES string of the molecule is Cc1ccccc1C[C@H](NC(=O)[C@H](Cc1ccccc1)CP(=O)(O)[C@H](C)N)C(=O)O. The molecule has 0 spiro atoms. The lowest BCUT2D eigenvalue weighted by Crippen LogP contribution is -2.46. The zero-order chi connectivity index (χ0) is 22.3. The van der Waals surface area contributed by atoms with Crippen LogP contribution >= 0.6 is 7.37 Å². The second-order valence-corrected chi connectivity index (χ2v) is 10.3. The first-order valence-electron chi connectivity index (χ1n) is 9.79. The molecule has 0 fully saturated rings. The first-order chi connectivity index (χ1) is 14.1. The molecule has 0 aromatic heterocycles. The van der Waals surface area contributed by atoms with Crippen LogP contribution in [0.3, 0.4) is 0 Å².